The monoisotopic (exact) mass is 396 g/mol. The second-order valence-electron chi connectivity index (χ2n) is 6.86. The second-order valence-corrected chi connectivity index (χ2v) is 6.86. The first kappa shape index (κ1) is 18.1. The number of ether oxygens (including phenoxy) is 2. The van der Waals surface area contributed by atoms with Crippen molar-refractivity contribution in [3.05, 3.63) is 84.7 Å². The van der Waals surface area contributed by atoms with Crippen LogP contribution in [0.2, 0.25) is 0 Å². The molecular formula is C24H20N4O2. The van der Waals surface area contributed by atoms with Crippen molar-refractivity contribution in [1.82, 2.24) is 19.6 Å². The predicted octanol–water partition coefficient (Wildman–Crippen LogP) is 4.92. The first-order valence-corrected chi connectivity index (χ1v) is 9.85. The van der Waals surface area contributed by atoms with E-state index in [9.17, 15) is 0 Å². The van der Waals surface area contributed by atoms with E-state index in [0.717, 1.165) is 39.2 Å². The summed E-state index contributed by atoms with van der Waals surface area (Å²) in [5.74, 6) is 2.30. The normalized spacial score (nSPS) is 11.1. The number of fused-ring (bicyclic) bond motifs is 3. The molecule has 0 saturated carbocycles. The molecule has 0 radical (unpaired) electrons. The molecule has 0 bridgehead atoms. The van der Waals surface area contributed by atoms with Gasteiger partial charge in [0, 0.05) is 10.9 Å². The summed E-state index contributed by atoms with van der Waals surface area (Å²) in [5.41, 5.74) is 3.69. The van der Waals surface area contributed by atoms with Gasteiger partial charge < -0.3 is 9.47 Å². The van der Waals surface area contributed by atoms with Gasteiger partial charge in [-0.05, 0) is 55.0 Å². The van der Waals surface area contributed by atoms with Crippen molar-refractivity contribution in [2.24, 2.45) is 0 Å². The molecule has 0 amide bonds. The molecule has 3 aromatic carbocycles. The summed E-state index contributed by atoms with van der Waals surface area (Å²) in [6, 6.07) is 23.7. The molecule has 6 heteroatoms. The SMILES string of the molecule is CCOc1ccc(OCc2cccc(-c3nc4c5ccccc5ncn4n3)c2)cc1. The minimum Gasteiger partial charge on any atom is -0.494 e. The van der Waals surface area contributed by atoms with Crippen LogP contribution in [0.3, 0.4) is 0 Å². The van der Waals surface area contributed by atoms with E-state index in [-0.39, 0.29) is 0 Å². The summed E-state index contributed by atoms with van der Waals surface area (Å²) < 4.78 is 13.1. The Morgan fingerprint density at radius 2 is 1.67 bits per heavy atom. The van der Waals surface area contributed by atoms with Crippen molar-refractivity contribution in [1.29, 1.82) is 0 Å². The lowest BCUT2D eigenvalue weighted by Crippen LogP contribution is -1.96. The first-order chi connectivity index (χ1) is 14.8. The lowest BCUT2D eigenvalue weighted by Gasteiger charge is -2.08. The highest BCUT2D eigenvalue weighted by Gasteiger charge is 2.10. The summed E-state index contributed by atoms with van der Waals surface area (Å²) >= 11 is 0. The average molecular weight is 396 g/mol. The molecule has 0 unspecified atom stereocenters. The molecule has 0 aliphatic rings. The molecule has 0 saturated heterocycles. The van der Waals surface area contributed by atoms with Crippen LogP contribution in [0.4, 0.5) is 0 Å². The predicted molar refractivity (Wildman–Crippen MR) is 116 cm³/mol. The zero-order valence-corrected chi connectivity index (χ0v) is 16.5. The highest BCUT2D eigenvalue weighted by Crippen LogP contribution is 2.23. The Bertz CT molecular complexity index is 1310. The molecule has 5 aromatic rings. The highest BCUT2D eigenvalue weighted by atomic mass is 16.5. The van der Waals surface area contributed by atoms with E-state index in [1.807, 2.05) is 73.7 Å². The number of para-hydroxylation sites is 1. The second kappa shape index (κ2) is 7.83. The Hall–Kier alpha value is -3.93. The molecule has 0 aliphatic heterocycles. The molecule has 2 heterocycles. The summed E-state index contributed by atoms with van der Waals surface area (Å²) in [6.45, 7) is 3.07. The summed E-state index contributed by atoms with van der Waals surface area (Å²) in [6.07, 6.45) is 1.70. The van der Waals surface area contributed by atoms with Crippen molar-refractivity contribution >= 4 is 16.6 Å². The lowest BCUT2D eigenvalue weighted by molar-refractivity contribution is 0.304. The number of hydrogen-bond donors (Lipinski definition) is 0. The fraction of sp³-hybridized carbons (Fsp3) is 0.125. The number of benzene rings is 3. The van der Waals surface area contributed by atoms with Crippen LogP contribution in [-0.2, 0) is 6.61 Å². The molecule has 5 rings (SSSR count). The molecule has 0 atom stereocenters. The van der Waals surface area contributed by atoms with Crippen LogP contribution in [-0.4, -0.2) is 26.2 Å². The van der Waals surface area contributed by atoms with Crippen LogP contribution in [0, 0.1) is 0 Å². The smallest absolute Gasteiger partial charge is 0.182 e. The van der Waals surface area contributed by atoms with E-state index in [1.54, 1.807) is 10.8 Å². The van der Waals surface area contributed by atoms with E-state index in [2.05, 4.69) is 16.1 Å². The molecule has 2 aromatic heterocycles. The van der Waals surface area contributed by atoms with Gasteiger partial charge in [-0.3, -0.25) is 0 Å². The molecule has 30 heavy (non-hydrogen) atoms. The van der Waals surface area contributed by atoms with Gasteiger partial charge >= 0.3 is 0 Å². The molecule has 0 spiro atoms. The number of nitrogens with zero attached hydrogens (tertiary/aromatic N) is 4. The molecule has 0 fully saturated rings. The van der Waals surface area contributed by atoms with Crippen molar-refractivity contribution < 1.29 is 9.47 Å². The van der Waals surface area contributed by atoms with Gasteiger partial charge in [-0.15, -0.1) is 5.10 Å². The third-order valence-electron chi connectivity index (χ3n) is 4.81. The Kier molecular flexibility index (Phi) is 4.73. The number of hydrogen-bond acceptors (Lipinski definition) is 5. The van der Waals surface area contributed by atoms with Gasteiger partial charge in [-0.1, -0.05) is 30.3 Å². The van der Waals surface area contributed by atoms with Gasteiger partial charge in [0.2, 0.25) is 0 Å². The van der Waals surface area contributed by atoms with Gasteiger partial charge in [0.15, 0.2) is 11.5 Å². The third-order valence-corrected chi connectivity index (χ3v) is 4.81. The largest absolute Gasteiger partial charge is 0.494 e. The van der Waals surface area contributed by atoms with E-state index in [4.69, 9.17) is 14.5 Å². The van der Waals surface area contributed by atoms with E-state index in [1.165, 1.54) is 0 Å². The van der Waals surface area contributed by atoms with Crippen LogP contribution >= 0.6 is 0 Å². The Morgan fingerprint density at radius 3 is 2.50 bits per heavy atom. The molecule has 6 nitrogen and oxygen atoms in total. The fourth-order valence-electron chi connectivity index (χ4n) is 3.37. The topological polar surface area (TPSA) is 61.5 Å². The van der Waals surface area contributed by atoms with Crippen LogP contribution in [0.15, 0.2) is 79.1 Å². The maximum atomic E-state index is 5.92. The number of rotatable bonds is 6. The van der Waals surface area contributed by atoms with Gasteiger partial charge in [-0.2, -0.15) is 0 Å². The zero-order valence-electron chi connectivity index (χ0n) is 16.5. The average Bonchev–Trinajstić information content (AvgIpc) is 3.24. The van der Waals surface area contributed by atoms with Crippen molar-refractivity contribution in [2.75, 3.05) is 6.61 Å². The standard InChI is InChI=1S/C24H20N4O2/c1-2-29-19-10-12-20(13-11-19)30-15-17-6-5-7-18(14-17)23-26-24-21-8-3-4-9-22(21)25-16-28(24)27-23/h3-14,16H,2,15H2,1H3. The van der Waals surface area contributed by atoms with Gasteiger partial charge in [0.25, 0.3) is 0 Å². The summed E-state index contributed by atoms with van der Waals surface area (Å²) in [7, 11) is 0. The van der Waals surface area contributed by atoms with Gasteiger partial charge in [-0.25, -0.2) is 14.5 Å². The molecule has 0 aliphatic carbocycles. The zero-order chi connectivity index (χ0) is 20.3. The lowest BCUT2D eigenvalue weighted by atomic mass is 10.1. The molecular weight excluding hydrogens is 376 g/mol. The molecule has 0 N–H and O–H groups in total. The third kappa shape index (κ3) is 3.55. The Balaban J connectivity index is 1.38. The quantitative estimate of drug-likeness (QED) is 0.408. The van der Waals surface area contributed by atoms with Crippen molar-refractivity contribution in [3.63, 3.8) is 0 Å². The fourth-order valence-corrected chi connectivity index (χ4v) is 3.37. The van der Waals surface area contributed by atoms with Crippen molar-refractivity contribution in [2.45, 2.75) is 13.5 Å². The van der Waals surface area contributed by atoms with E-state index >= 15 is 0 Å². The van der Waals surface area contributed by atoms with E-state index < -0.39 is 0 Å². The van der Waals surface area contributed by atoms with Gasteiger partial charge in [0.1, 0.15) is 24.4 Å². The minimum atomic E-state index is 0.458. The maximum Gasteiger partial charge on any atom is 0.182 e. The van der Waals surface area contributed by atoms with Crippen LogP contribution in [0.25, 0.3) is 27.9 Å². The van der Waals surface area contributed by atoms with Crippen LogP contribution in [0.5, 0.6) is 11.5 Å². The van der Waals surface area contributed by atoms with Crippen LogP contribution < -0.4 is 9.47 Å². The van der Waals surface area contributed by atoms with Gasteiger partial charge in [0.05, 0.1) is 12.1 Å². The number of aromatic nitrogens is 4. The van der Waals surface area contributed by atoms with Crippen LogP contribution in [0.1, 0.15) is 12.5 Å². The Labute approximate surface area is 173 Å². The highest BCUT2D eigenvalue weighted by molar-refractivity contribution is 5.91. The summed E-state index contributed by atoms with van der Waals surface area (Å²) in [5, 5.41) is 5.59. The first-order valence-electron chi connectivity index (χ1n) is 9.85. The summed E-state index contributed by atoms with van der Waals surface area (Å²) in [4.78, 5) is 9.20. The minimum absolute atomic E-state index is 0.458. The maximum absolute atomic E-state index is 5.92. The molecule has 148 valence electrons. The van der Waals surface area contributed by atoms with E-state index in [0.29, 0.717) is 19.0 Å². The Morgan fingerprint density at radius 1 is 0.867 bits per heavy atom. The van der Waals surface area contributed by atoms with Crippen molar-refractivity contribution in [3.8, 4) is 22.9 Å².